The van der Waals surface area contributed by atoms with E-state index in [1.165, 1.54) is 0 Å². The first-order valence-electron chi connectivity index (χ1n) is 5.31. The number of nitrogens with two attached hydrogens (primary N) is 1. The van der Waals surface area contributed by atoms with Crippen LogP contribution in [0.2, 0.25) is 0 Å². The lowest BCUT2D eigenvalue weighted by atomic mass is 10.3. The summed E-state index contributed by atoms with van der Waals surface area (Å²) in [5.74, 6) is 1.62. The molecule has 0 spiro atoms. The summed E-state index contributed by atoms with van der Waals surface area (Å²) in [7, 11) is 1.93. The number of hydrogen-bond donors (Lipinski definition) is 1. The molecule has 0 aliphatic rings. The molecular weight excluding hydrogens is 216 g/mol. The van der Waals surface area contributed by atoms with Gasteiger partial charge in [0.25, 0.3) is 0 Å². The first kappa shape index (κ1) is 9.98. The van der Waals surface area contributed by atoms with Crippen LogP contribution in [0.25, 0.3) is 17.2 Å². The summed E-state index contributed by atoms with van der Waals surface area (Å²) in [4.78, 5) is 8.48. The van der Waals surface area contributed by atoms with E-state index in [0.29, 0.717) is 6.54 Å². The summed E-state index contributed by atoms with van der Waals surface area (Å²) in [5.41, 5.74) is 7.35. The minimum absolute atomic E-state index is 0.422. The highest BCUT2D eigenvalue weighted by Crippen LogP contribution is 2.17. The van der Waals surface area contributed by atoms with Crippen molar-refractivity contribution in [1.82, 2.24) is 24.1 Å². The number of fused-ring (bicyclic) bond motifs is 1. The first-order valence-corrected chi connectivity index (χ1v) is 5.31. The molecule has 86 valence electrons. The Labute approximate surface area is 97.7 Å². The van der Waals surface area contributed by atoms with Gasteiger partial charge in [0.2, 0.25) is 5.78 Å². The zero-order valence-corrected chi connectivity index (χ0v) is 9.41. The van der Waals surface area contributed by atoms with Crippen molar-refractivity contribution in [3.8, 4) is 11.4 Å². The Balaban J connectivity index is 2.19. The number of imidazole rings is 1. The molecule has 3 rings (SSSR count). The normalized spacial score (nSPS) is 11.2. The smallest absolute Gasteiger partial charge is 0.232 e. The monoisotopic (exact) mass is 228 g/mol. The van der Waals surface area contributed by atoms with Crippen molar-refractivity contribution in [1.29, 1.82) is 0 Å². The van der Waals surface area contributed by atoms with Crippen molar-refractivity contribution in [3.63, 3.8) is 0 Å². The fraction of sp³-hybridized carbons (Fsp3) is 0.182. The summed E-state index contributed by atoms with van der Waals surface area (Å²) < 4.78 is 3.67. The second-order valence-electron chi connectivity index (χ2n) is 3.81. The van der Waals surface area contributed by atoms with Crippen LogP contribution in [0, 0.1) is 0 Å². The minimum atomic E-state index is 0.422. The summed E-state index contributed by atoms with van der Waals surface area (Å²) >= 11 is 0. The molecule has 0 amide bonds. The lowest BCUT2D eigenvalue weighted by Crippen LogP contribution is -1.98. The molecule has 3 aromatic rings. The third-order valence-electron chi connectivity index (χ3n) is 2.67. The van der Waals surface area contributed by atoms with E-state index in [2.05, 4.69) is 15.1 Å². The lowest BCUT2D eigenvalue weighted by Gasteiger charge is -1.98. The van der Waals surface area contributed by atoms with Gasteiger partial charge in [0.1, 0.15) is 0 Å². The SMILES string of the molecule is Cn1c(-c2cccnc2)nn2cc(CN)nc12. The second kappa shape index (κ2) is 3.67. The van der Waals surface area contributed by atoms with Crippen LogP contribution in [0.3, 0.4) is 0 Å². The van der Waals surface area contributed by atoms with Gasteiger partial charge in [0.05, 0.1) is 11.9 Å². The van der Waals surface area contributed by atoms with Crippen LogP contribution in [0.1, 0.15) is 5.69 Å². The van der Waals surface area contributed by atoms with Crippen LogP contribution >= 0.6 is 0 Å². The average molecular weight is 228 g/mol. The number of rotatable bonds is 2. The maximum Gasteiger partial charge on any atom is 0.232 e. The molecule has 0 saturated heterocycles. The van der Waals surface area contributed by atoms with Crippen molar-refractivity contribution in [2.75, 3.05) is 0 Å². The van der Waals surface area contributed by atoms with E-state index in [9.17, 15) is 0 Å². The van der Waals surface area contributed by atoms with E-state index in [0.717, 1.165) is 22.9 Å². The number of aryl methyl sites for hydroxylation is 1. The Morgan fingerprint density at radius 3 is 2.94 bits per heavy atom. The Kier molecular flexibility index (Phi) is 2.15. The van der Waals surface area contributed by atoms with E-state index in [-0.39, 0.29) is 0 Å². The van der Waals surface area contributed by atoms with Crippen molar-refractivity contribution >= 4 is 5.78 Å². The zero-order valence-electron chi connectivity index (χ0n) is 9.41. The molecule has 0 saturated carbocycles. The molecule has 3 heterocycles. The van der Waals surface area contributed by atoms with Crippen LogP contribution in [-0.4, -0.2) is 24.1 Å². The highest BCUT2D eigenvalue weighted by Gasteiger charge is 2.12. The van der Waals surface area contributed by atoms with E-state index in [1.807, 2.05) is 29.9 Å². The molecule has 0 aromatic carbocycles. The molecule has 17 heavy (non-hydrogen) atoms. The van der Waals surface area contributed by atoms with Gasteiger partial charge in [0, 0.05) is 31.5 Å². The van der Waals surface area contributed by atoms with Gasteiger partial charge in [-0.15, -0.1) is 5.10 Å². The average Bonchev–Trinajstić information content (AvgIpc) is 2.90. The van der Waals surface area contributed by atoms with Crippen LogP contribution < -0.4 is 5.73 Å². The zero-order chi connectivity index (χ0) is 11.8. The molecule has 2 N–H and O–H groups in total. The maximum absolute atomic E-state index is 5.55. The van der Waals surface area contributed by atoms with Gasteiger partial charge in [-0.3, -0.25) is 9.55 Å². The predicted molar refractivity (Wildman–Crippen MR) is 63.1 cm³/mol. The largest absolute Gasteiger partial charge is 0.325 e. The number of hydrogen-bond acceptors (Lipinski definition) is 4. The fourth-order valence-corrected chi connectivity index (χ4v) is 1.82. The van der Waals surface area contributed by atoms with Crippen LogP contribution in [0.4, 0.5) is 0 Å². The molecule has 0 atom stereocenters. The Bertz CT molecular complexity index is 651. The molecule has 0 unspecified atom stereocenters. The third kappa shape index (κ3) is 1.50. The molecular formula is C11H12N6. The van der Waals surface area contributed by atoms with Crippen molar-refractivity contribution in [3.05, 3.63) is 36.4 Å². The quantitative estimate of drug-likeness (QED) is 0.696. The van der Waals surface area contributed by atoms with Crippen LogP contribution in [0.15, 0.2) is 30.7 Å². The van der Waals surface area contributed by atoms with Gasteiger partial charge in [-0.1, -0.05) is 0 Å². The van der Waals surface area contributed by atoms with Crippen molar-refractivity contribution < 1.29 is 0 Å². The summed E-state index contributed by atoms with van der Waals surface area (Å²) in [5, 5.41) is 4.47. The molecule has 0 radical (unpaired) electrons. The summed E-state index contributed by atoms with van der Waals surface area (Å²) in [6, 6.07) is 3.86. The van der Waals surface area contributed by atoms with Crippen LogP contribution in [-0.2, 0) is 13.6 Å². The standard InChI is InChI=1S/C11H12N6/c1-16-10(8-3-2-4-13-6-8)15-17-7-9(5-12)14-11(16)17/h2-4,6-7H,5,12H2,1H3. The van der Waals surface area contributed by atoms with Crippen molar-refractivity contribution in [2.45, 2.75) is 6.54 Å². The summed E-state index contributed by atoms with van der Waals surface area (Å²) in [6.07, 6.45) is 5.37. The lowest BCUT2D eigenvalue weighted by molar-refractivity contribution is 0.922. The molecule has 0 aliphatic heterocycles. The summed E-state index contributed by atoms with van der Waals surface area (Å²) in [6.45, 7) is 0.422. The van der Waals surface area contributed by atoms with E-state index >= 15 is 0 Å². The van der Waals surface area contributed by atoms with Crippen molar-refractivity contribution in [2.24, 2.45) is 12.8 Å². The Morgan fingerprint density at radius 2 is 2.29 bits per heavy atom. The highest BCUT2D eigenvalue weighted by atomic mass is 15.4. The predicted octanol–water partition coefficient (Wildman–Crippen LogP) is 0.588. The van der Waals surface area contributed by atoms with Gasteiger partial charge < -0.3 is 5.73 Å². The Hall–Kier alpha value is -2.21. The number of aromatic nitrogens is 5. The topological polar surface area (TPSA) is 74.0 Å². The van der Waals surface area contributed by atoms with Crippen LogP contribution in [0.5, 0.6) is 0 Å². The first-order chi connectivity index (χ1) is 8.29. The van der Waals surface area contributed by atoms with Gasteiger partial charge in [0.15, 0.2) is 5.82 Å². The van der Waals surface area contributed by atoms with E-state index < -0.39 is 0 Å². The number of nitrogens with zero attached hydrogens (tertiary/aromatic N) is 5. The third-order valence-corrected chi connectivity index (χ3v) is 2.67. The molecule has 6 heteroatoms. The van der Waals surface area contributed by atoms with Gasteiger partial charge in [-0.2, -0.15) is 0 Å². The van der Waals surface area contributed by atoms with Gasteiger partial charge >= 0.3 is 0 Å². The molecule has 0 bridgehead atoms. The van der Waals surface area contributed by atoms with E-state index in [1.54, 1.807) is 16.9 Å². The van der Waals surface area contributed by atoms with Gasteiger partial charge in [-0.05, 0) is 12.1 Å². The molecule has 3 aromatic heterocycles. The van der Waals surface area contributed by atoms with Gasteiger partial charge in [-0.25, -0.2) is 9.50 Å². The molecule has 6 nitrogen and oxygen atoms in total. The minimum Gasteiger partial charge on any atom is -0.325 e. The molecule has 0 aliphatic carbocycles. The second-order valence-corrected chi connectivity index (χ2v) is 3.81. The highest BCUT2D eigenvalue weighted by molar-refractivity contribution is 5.56. The number of pyridine rings is 1. The van der Waals surface area contributed by atoms with E-state index in [4.69, 9.17) is 5.73 Å². The maximum atomic E-state index is 5.55. The Morgan fingerprint density at radius 1 is 1.41 bits per heavy atom. The molecule has 0 fully saturated rings. The fourth-order valence-electron chi connectivity index (χ4n) is 1.82.